The molecule has 152 valence electrons. The minimum atomic E-state index is -4.59. The Bertz CT molecular complexity index is 1070. The fraction of sp³-hybridized carbons (Fsp3) is 0.273. The fourth-order valence-electron chi connectivity index (χ4n) is 3.33. The molecule has 0 unspecified atom stereocenters. The summed E-state index contributed by atoms with van der Waals surface area (Å²) < 4.78 is 41.4. The molecule has 1 amide bonds. The monoisotopic (exact) mass is 402 g/mol. The number of carbonyl (C=O) groups is 1. The van der Waals surface area contributed by atoms with Crippen LogP contribution in [0.2, 0.25) is 0 Å². The summed E-state index contributed by atoms with van der Waals surface area (Å²) in [6.45, 7) is 2.22. The van der Waals surface area contributed by atoms with Crippen LogP contribution in [0.1, 0.15) is 34.8 Å². The van der Waals surface area contributed by atoms with Gasteiger partial charge < -0.3 is 9.88 Å². The largest absolute Gasteiger partial charge is 0.418 e. The van der Waals surface area contributed by atoms with Crippen LogP contribution in [0, 0.1) is 0 Å². The molecule has 1 N–H and O–H groups in total. The quantitative estimate of drug-likeness (QED) is 0.622. The summed E-state index contributed by atoms with van der Waals surface area (Å²) >= 11 is 0. The summed E-state index contributed by atoms with van der Waals surface area (Å²) in [7, 11) is 0. The van der Waals surface area contributed by atoms with E-state index in [-0.39, 0.29) is 23.0 Å². The molecule has 0 spiro atoms. The first kappa shape index (κ1) is 20.6. The van der Waals surface area contributed by atoms with Gasteiger partial charge in [0.25, 0.3) is 5.91 Å². The molecule has 0 bridgehead atoms. The van der Waals surface area contributed by atoms with Crippen molar-refractivity contribution in [1.29, 1.82) is 0 Å². The molecule has 0 radical (unpaired) electrons. The molecule has 3 rings (SSSR count). The molecular formula is C22H21F3N2O2. The Morgan fingerprint density at radius 1 is 1.07 bits per heavy atom. The predicted octanol–water partition coefficient (Wildman–Crippen LogP) is 4.40. The van der Waals surface area contributed by atoms with Gasteiger partial charge in [-0.1, -0.05) is 36.4 Å². The SMILES string of the molecule is CCn1cc(C(=O)NCCCc2ccccc2)c(=O)c2cccc(C(F)(F)F)c21. The number of rotatable bonds is 6. The van der Waals surface area contributed by atoms with Crippen LogP contribution < -0.4 is 10.7 Å². The second-order valence-electron chi connectivity index (χ2n) is 6.70. The zero-order valence-corrected chi connectivity index (χ0v) is 15.9. The van der Waals surface area contributed by atoms with Gasteiger partial charge >= 0.3 is 6.18 Å². The zero-order chi connectivity index (χ0) is 21.0. The van der Waals surface area contributed by atoms with E-state index in [1.165, 1.54) is 22.9 Å². The maximum Gasteiger partial charge on any atom is 0.418 e. The highest BCUT2D eigenvalue weighted by atomic mass is 19.4. The molecule has 1 heterocycles. The van der Waals surface area contributed by atoms with Gasteiger partial charge in [0.05, 0.1) is 11.1 Å². The van der Waals surface area contributed by atoms with Gasteiger partial charge in [-0.3, -0.25) is 9.59 Å². The molecule has 7 heteroatoms. The van der Waals surface area contributed by atoms with Crippen LogP contribution in [0.4, 0.5) is 13.2 Å². The van der Waals surface area contributed by atoms with Crippen molar-refractivity contribution in [1.82, 2.24) is 9.88 Å². The van der Waals surface area contributed by atoms with Crippen LogP contribution >= 0.6 is 0 Å². The Balaban J connectivity index is 1.85. The van der Waals surface area contributed by atoms with Gasteiger partial charge in [-0.15, -0.1) is 0 Å². The van der Waals surface area contributed by atoms with Crippen molar-refractivity contribution in [3.8, 4) is 0 Å². The maximum absolute atomic E-state index is 13.4. The van der Waals surface area contributed by atoms with Gasteiger partial charge in [0, 0.05) is 24.7 Å². The van der Waals surface area contributed by atoms with E-state index in [1.807, 2.05) is 30.3 Å². The number of halogens is 3. The van der Waals surface area contributed by atoms with E-state index in [0.29, 0.717) is 13.0 Å². The molecule has 0 saturated heterocycles. The summed E-state index contributed by atoms with van der Waals surface area (Å²) in [6, 6.07) is 13.2. The van der Waals surface area contributed by atoms with Crippen molar-refractivity contribution in [2.45, 2.75) is 32.5 Å². The lowest BCUT2D eigenvalue weighted by atomic mass is 10.1. The first-order valence-corrected chi connectivity index (χ1v) is 9.38. The minimum Gasteiger partial charge on any atom is -0.352 e. The van der Waals surface area contributed by atoms with Gasteiger partial charge in [-0.25, -0.2) is 0 Å². The Labute approximate surface area is 166 Å². The van der Waals surface area contributed by atoms with Crippen molar-refractivity contribution < 1.29 is 18.0 Å². The molecule has 0 saturated carbocycles. The van der Waals surface area contributed by atoms with Gasteiger partial charge in [0.1, 0.15) is 5.56 Å². The third-order valence-corrected chi connectivity index (χ3v) is 4.76. The smallest absolute Gasteiger partial charge is 0.352 e. The van der Waals surface area contributed by atoms with E-state index in [1.54, 1.807) is 6.92 Å². The van der Waals surface area contributed by atoms with Crippen LogP contribution in [0.5, 0.6) is 0 Å². The highest BCUT2D eigenvalue weighted by molar-refractivity contribution is 5.97. The lowest BCUT2D eigenvalue weighted by Crippen LogP contribution is -2.31. The number of pyridine rings is 1. The summed E-state index contributed by atoms with van der Waals surface area (Å²) in [5.41, 5.74) is -0.799. The lowest BCUT2D eigenvalue weighted by Gasteiger charge is -2.16. The summed E-state index contributed by atoms with van der Waals surface area (Å²) in [5, 5.41) is 2.58. The summed E-state index contributed by atoms with van der Waals surface area (Å²) in [5.74, 6) is -0.579. The normalized spacial score (nSPS) is 11.6. The highest BCUT2D eigenvalue weighted by Crippen LogP contribution is 2.34. The number of nitrogens with zero attached hydrogens (tertiary/aromatic N) is 1. The number of nitrogens with one attached hydrogen (secondary N) is 1. The van der Waals surface area contributed by atoms with Gasteiger partial charge in [0.2, 0.25) is 5.43 Å². The number of hydrogen-bond donors (Lipinski definition) is 1. The third-order valence-electron chi connectivity index (χ3n) is 4.76. The van der Waals surface area contributed by atoms with Crippen molar-refractivity contribution in [3.05, 3.63) is 81.6 Å². The molecule has 0 atom stereocenters. The molecule has 1 aromatic heterocycles. The number of carbonyl (C=O) groups excluding carboxylic acids is 1. The average molecular weight is 402 g/mol. The predicted molar refractivity (Wildman–Crippen MR) is 106 cm³/mol. The second-order valence-corrected chi connectivity index (χ2v) is 6.70. The number of para-hydroxylation sites is 1. The van der Waals surface area contributed by atoms with E-state index in [9.17, 15) is 22.8 Å². The molecule has 4 nitrogen and oxygen atoms in total. The second kappa shape index (κ2) is 8.51. The lowest BCUT2D eigenvalue weighted by molar-refractivity contribution is -0.136. The number of benzene rings is 2. The van der Waals surface area contributed by atoms with Crippen LogP contribution in [0.25, 0.3) is 10.9 Å². The number of alkyl halides is 3. The Morgan fingerprint density at radius 3 is 2.45 bits per heavy atom. The highest BCUT2D eigenvalue weighted by Gasteiger charge is 2.34. The molecule has 3 aromatic rings. The standard InChI is InChI=1S/C22H21F3N2O2/c1-2-27-14-17(21(29)26-13-7-10-15-8-4-3-5-9-15)20(28)16-11-6-12-18(19(16)27)22(23,24)25/h3-6,8-9,11-12,14H,2,7,10,13H2,1H3,(H,26,29). The first-order valence-electron chi connectivity index (χ1n) is 9.38. The van der Waals surface area contributed by atoms with Crippen molar-refractivity contribution in [2.75, 3.05) is 6.54 Å². The van der Waals surface area contributed by atoms with Crippen molar-refractivity contribution in [2.24, 2.45) is 0 Å². The van der Waals surface area contributed by atoms with E-state index < -0.39 is 23.1 Å². The maximum atomic E-state index is 13.4. The fourth-order valence-corrected chi connectivity index (χ4v) is 3.33. The van der Waals surface area contributed by atoms with Crippen molar-refractivity contribution in [3.63, 3.8) is 0 Å². The Morgan fingerprint density at radius 2 is 1.79 bits per heavy atom. The average Bonchev–Trinajstić information content (AvgIpc) is 2.71. The number of aromatic nitrogens is 1. The van der Waals surface area contributed by atoms with Crippen LogP contribution in [0.3, 0.4) is 0 Å². The molecule has 0 aliphatic heterocycles. The van der Waals surface area contributed by atoms with E-state index in [4.69, 9.17) is 0 Å². The zero-order valence-electron chi connectivity index (χ0n) is 15.9. The molecule has 0 fully saturated rings. The van der Waals surface area contributed by atoms with Crippen molar-refractivity contribution >= 4 is 16.8 Å². The topological polar surface area (TPSA) is 51.1 Å². The van der Waals surface area contributed by atoms with E-state index in [2.05, 4.69) is 5.32 Å². The van der Waals surface area contributed by atoms with E-state index >= 15 is 0 Å². The van der Waals surface area contributed by atoms with Crippen LogP contribution in [-0.4, -0.2) is 17.0 Å². The number of amides is 1. The minimum absolute atomic E-state index is 0.112. The van der Waals surface area contributed by atoms with Gasteiger partial charge in [-0.2, -0.15) is 13.2 Å². The van der Waals surface area contributed by atoms with Gasteiger partial charge in [0.15, 0.2) is 0 Å². The number of hydrogen-bond acceptors (Lipinski definition) is 2. The summed E-state index contributed by atoms with van der Waals surface area (Å²) in [6.07, 6.45) is -1.92. The molecular weight excluding hydrogens is 381 g/mol. The third kappa shape index (κ3) is 4.50. The van der Waals surface area contributed by atoms with Gasteiger partial charge in [-0.05, 0) is 37.5 Å². The molecule has 0 aliphatic rings. The molecule has 2 aromatic carbocycles. The van der Waals surface area contributed by atoms with Crippen LogP contribution in [-0.2, 0) is 19.1 Å². The first-order chi connectivity index (χ1) is 13.8. The number of fused-ring (bicyclic) bond motifs is 1. The Hall–Kier alpha value is -3.09. The van der Waals surface area contributed by atoms with Crippen LogP contribution in [0.15, 0.2) is 59.5 Å². The van der Waals surface area contributed by atoms with E-state index in [0.717, 1.165) is 18.1 Å². The number of aryl methyl sites for hydroxylation is 2. The molecule has 29 heavy (non-hydrogen) atoms. The summed E-state index contributed by atoms with van der Waals surface area (Å²) in [4.78, 5) is 25.3. The Kier molecular flexibility index (Phi) is 6.06. The molecule has 0 aliphatic carbocycles.